The molecule has 2 rings (SSSR count). The summed E-state index contributed by atoms with van der Waals surface area (Å²) in [6, 6.07) is 6.95. The molecule has 0 spiro atoms. The molecule has 1 saturated carbocycles. The van der Waals surface area contributed by atoms with Crippen LogP contribution < -0.4 is 10.6 Å². The van der Waals surface area contributed by atoms with Crippen LogP contribution in [0.2, 0.25) is 0 Å². The van der Waals surface area contributed by atoms with Gasteiger partial charge in [-0.2, -0.15) is 0 Å². The second kappa shape index (κ2) is 9.57. The molecule has 1 aromatic carbocycles. The lowest BCUT2D eigenvalue weighted by Gasteiger charge is -2.16. The molecule has 0 heterocycles. The zero-order valence-corrected chi connectivity index (χ0v) is 13.2. The highest BCUT2D eigenvalue weighted by molar-refractivity contribution is 5.76. The molecule has 0 radical (unpaired) electrons. The molecule has 0 atom stereocenters. The Labute approximate surface area is 132 Å². The number of halogens is 1. The number of hydrogen-bond acceptors (Lipinski definition) is 2. The Morgan fingerprint density at radius 2 is 1.73 bits per heavy atom. The smallest absolute Gasteiger partial charge is 0.221 e. The molecule has 1 amide bonds. The van der Waals surface area contributed by atoms with Crippen molar-refractivity contribution in [3.05, 3.63) is 35.6 Å². The van der Waals surface area contributed by atoms with Gasteiger partial charge in [0.25, 0.3) is 0 Å². The van der Waals surface area contributed by atoms with E-state index in [9.17, 15) is 9.18 Å². The maximum absolute atomic E-state index is 12.8. The highest BCUT2D eigenvalue weighted by Crippen LogP contribution is 2.17. The van der Waals surface area contributed by atoms with Crippen LogP contribution in [0.25, 0.3) is 0 Å². The predicted octanol–water partition coefficient (Wildman–Crippen LogP) is 3.19. The number of benzene rings is 1. The lowest BCUT2D eigenvalue weighted by Crippen LogP contribution is -2.36. The number of carbonyl (C=O) groups is 1. The van der Waals surface area contributed by atoms with Gasteiger partial charge in [-0.15, -0.1) is 0 Å². The molecule has 22 heavy (non-hydrogen) atoms. The third-order valence-electron chi connectivity index (χ3n) is 4.25. The van der Waals surface area contributed by atoms with Crippen molar-refractivity contribution in [3.63, 3.8) is 0 Å². The Morgan fingerprint density at radius 3 is 2.41 bits per heavy atom. The van der Waals surface area contributed by atoms with Crippen molar-refractivity contribution < 1.29 is 9.18 Å². The van der Waals surface area contributed by atoms with Crippen LogP contribution in [-0.2, 0) is 11.2 Å². The number of rotatable bonds is 7. The summed E-state index contributed by atoms with van der Waals surface area (Å²) in [6.45, 7) is 1.50. The third-order valence-corrected chi connectivity index (χ3v) is 4.25. The molecule has 0 bridgehead atoms. The maximum atomic E-state index is 12.8. The van der Waals surface area contributed by atoms with Crippen LogP contribution in [0.4, 0.5) is 4.39 Å². The van der Waals surface area contributed by atoms with E-state index < -0.39 is 0 Å². The van der Waals surface area contributed by atoms with E-state index in [-0.39, 0.29) is 11.7 Å². The molecule has 4 heteroatoms. The number of carbonyl (C=O) groups excluding carboxylic acids is 1. The van der Waals surface area contributed by atoms with Crippen molar-refractivity contribution in [2.45, 2.75) is 57.4 Å². The Kier molecular flexibility index (Phi) is 7.37. The van der Waals surface area contributed by atoms with Crippen LogP contribution in [0.3, 0.4) is 0 Å². The second-order valence-electron chi connectivity index (χ2n) is 6.13. The van der Waals surface area contributed by atoms with Crippen LogP contribution in [0.15, 0.2) is 24.3 Å². The highest BCUT2D eigenvalue weighted by atomic mass is 19.1. The van der Waals surface area contributed by atoms with E-state index in [2.05, 4.69) is 10.6 Å². The first kappa shape index (κ1) is 16.9. The first-order valence-corrected chi connectivity index (χ1v) is 8.48. The summed E-state index contributed by atoms with van der Waals surface area (Å²) in [5.74, 6) is -0.0481. The minimum absolute atomic E-state index is 0.154. The van der Waals surface area contributed by atoms with Crippen LogP contribution in [0.5, 0.6) is 0 Å². The highest BCUT2D eigenvalue weighted by Gasteiger charge is 2.14. The topological polar surface area (TPSA) is 41.1 Å². The van der Waals surface area contributed by atoms with E-state index in [0.29, 0.717) is 19.0 Å². The molecule has 3 nitrogen and oxygen atoms in total. The Balaban J connectivity index is 1.54. The molecule has 1 aliphatic carbocycles. The van der Waals surface area contributed by atoms with Gasteiger partial charge in [0.1, 0.15) is 5.82 Å². The van der Waals surface area contributed by atoms with E-state index in [4.69, 9.17) is 0 Å². The van der Waals surface area contributed by atoms with Gasteiger partial charge in [0.15, 0.2) is 0 Å². The average molecular weight is 306 g/mol. The minimum atomic E-state index is -0.202. The van der Waals surface area contributed by atoms with Crippen LogP contribution in [0, 0.1) is 5.82 Å². The molecule has 1 fully saturated rings. The van der Waals surface area contributed by atoms with Crippen molar-refractivity contribution in [1.82, 2.24) is 10.6 Å². The largest absolute Gasteiger partial charge is 0.353 e. The van der Waals surface area contributed by atoms with E-state index in [0.717, 1.165) is 31.4 Å². The molecule has 122 valence electrons. The zero-order chi connectivity index (χ0) is 15.6. The fourth-order valence-electron chi connectivity index (χ4n) is 2.93. The molecular formula is C18H27FN2O. The van der Waals surface area contributed by atoms with Gasteiger partial charge in [0.05, 0.1) is 0 Å². The third kappa shape index (κ3) is 6.56. The molecule has 0 aromatic heterocycles. The Bertz CT molecular complexity index is 439. The van der Waals surface area contributed by atoms with Gasteiger partial charge in [0.2, 0.25) is 5.91 Å². The standard InChI is InChI=1S/C18H27FN2O/c19-16-9-7-15(8-10-16)11-13-20-14-12-18(22)21-17-5-3-1-2-4-6-17/h7-10,17,20H,1-6,11-14H2,(H,21,22). The van der Waals surface area contributed by atoms with Gasteiger partial charge in [-0.05, 0) is 43.5 Å². The molecule has 0 aliphatic heterocycles. The summed E-state index contributed by atoms with van der Waals surface area (Å²) in [5.41, 5.74) is 1.11. The maximum Gasteiger partial charge on any atom is 0.221 e. The molecule has 0 unspecified atom stereocenters. The van der Waals surface area contributed by atoms with E-state index in [1.807, 2.05) is 0 Å². The fourth-order valence-corrected chi connectivity index (χ4v) is 2.93. The monoisotopic (exact) mass is 306 g/mol. The number of nitrogens with one attached hydrogen (secondary N) is 2. The summed E-state index contributed by atoms with van der Waals surface area (Å²) in [4.78, 5) is 11.9. The Morgan fingerprint density at radius 1 is 1.05 bits per heavy atom. The summed E-state index contributed by atoms with van der Waals surface area (Å²) < 4.78 is 12.8. The van der Waals surface area contributed by atoms with Gasteiger partial charge in [-0.25, -0.2) is 4.39 Å². The molecule has 1 aromatic rings. The van der Waals surface area contributed by atoms with Crippen LogP contribution >= 0.6 is 0 Å². The average Bonchev–Trinajstić information content (AvgIpc) is 2.77. The van der Waals surface area contributed by atoms with Gasteiger partial charge in [-0.1, -0.05) is 37.8 Å². The lowest BCUT2D eigenvalue weighted by molar-refractivity contribution is -0.121. The summed E-state index contributed by atoms with van der Waals surface area (Å²) >= 11 is 0. The first-order valence-electron chi connectivity index (χ1n) is 8.48. The number of amides is 1. The minimum Gasteiger partial charge on any atom is -0.353 e. The van der Waals surface area contributed by atoms with Gasteiger partial charge in [0, 0.05) is 19.0 Å². The van der Waals surface area contributed by atoms with E-state index >= 15 is 0 Å². The van der Waals surface area contributed by atoms with E-state index in [1.54, 1.807) is 12.1 Å². The SMILES string of the molecule is O=C(CCNCCc1ccc(F)cc1)NC1CCCCCC1. The van der Waals surface area contributed by atoms with Gasteiger partial charge < -0.3 is 10.6 Å². The van der Waals surface area contributed by atoms with Crippen molar-refractivity contribution >= 4 is 5.91 Å². The first-order chi connectivity index (χ1) is 10.7. The Hall–Kier alpha value is -1.42. The van der Waals surface area contributed by atoms with Crippen molar-refractivity contribution in [3.8, 4) is 0 Å². The predicted molar refractivity (Wildman–Crippen MR) is 87.2 cm³/mol. The van der Waals surface area contributed by atoms with Gasteiger partial charge >= 0.3 is 0 Å². The normalized spacial score (nSPS) is 16.2. The second-order valence-corrected chi connectivity index (χ2v) is 6.13. The van der Waals surface area contributed by atoms with Crippen molar-refractivity contribution in [2.24, 2.45) is 0 Å². The lowest BCUT2D eigenvalue weighted by atomic mass is 10.1. The van der Waals surface area contributed by atoms with Crippen LogP contribution in [0.1, 0.15) is 50.5 Å². The molecule has 2 N–H and O–H groups in total. The summed E-state index contributed by atoms with van der Waals surface area (Å²) in [5, 5.41) is 6.43. The quantitative estimate of drug-likeness (QED) is 0.600. The molecule has 0 saturated heterocycles. The van der Waals surface area contributed by atoms with E-state index in [1.165, 1.54) is 37.8 Å². The fraction of sp³-hybridized carbons (Fsp3) is 0.611. The van der Waals surface area contributed by atoms with Crippen LogP contribution in [-0.4, -0.2) is 25.0 Å². The zero-order valence-electron chi connectivity index (χ0n) is 13.2. The van der Waals surface area contributed by atoms with Gasteiger partial charge in [-0.3, -0.25) is 4.79 Å². The molecular weight excluding hydrogens is 279 g/mol. The summed E-state index contributed by atoms with van der Waals surface area (Å²) in [6.07, 6.45) is 8.72. The summed E-state index contributed by atoms with van der Waals surface area (Å²) in [7, 11) is 0. The van der Waals surface area contributed by atoms with Crippen molar-refractivity contribution in [1.29, 1.82) is 0 Å². The molecule has 1 aliphatic rings. The number of hydrogen-bond donors (Lipinski definition) is 2. The van der Waals surface area contributed by atoms with Crippen molar-refractivity contribution in [2.75, 3.05) is 13.1 Å².